The zero-order valence-corrected chi connectivity index (χ0v) is 3.90. The fourth-order valence-electron chi connectivity index (χ4n) is 0.428. The minimum Gasteiger partial charge on any atom is -0.278 e. The molecule has 2 heteroatoms. The number of nitrogens with one attached hydrogen (secondary N) is 1. The van der Waals surface area contributed by atoms with Crippen molar-refractivity contribution in [3.63, 3.8) is 0 Å². The Morgan fingerprint density at radius 3 is 2.67 bits per heavy atom. The second-order valence-corrected chi connectivity index (χ2v) is 1.51. The molecule has 1 saturated heterocycles. The van der Waals surface area contributed by atoms with Gasteiger partial charge in [0.15, 0.2) is 6.23 Å². The maximum absolute atomic E-state index is 4.70. The minimum atomic E-state index is 0.398. The summed E-state index contributed by atoms with van der Waals surface area (Å²) in [5, 5.41) is 0. The van der Waals surface area contributed by atoms with E-state index < -0.39 is 0 Å². The van der Waals surface area contributed by atoms with Gasteiger partial charge in [-0.15, -0.1) is 0 Å². The predicted molar refractivity (Wildman–Crippen MR) is 22.9 cm³/mol. The highest BCUT2D eigenvalue weighted by Crippen LogP contribution is 2.06. The standard InChI is InChI=1S/C4H9NO/c1-2-3-4-5-6-4/h4-5H,2-3H2,1H3. The Hall–Kier alpha value is -0.0800. The molecular formula is C4H9NO. The number of hydrogen-bond donors (Lipinski definition) is 1. The smallest absolute Gasteiger partial charge is 0.151 e. The van der Waals surface area contributed by atoms with Crippen molar-refractivity contribution < 1.29 is 4.84 Å². The van der Waals surface area contributed by atoms with Crippen molar-refractivity contribution in [3.8, 4) is 0 Å². The molecule has 0 amide bonds. The Bertz CT molecular complexity index is 42.8. The van der Waals surface area contributed by atoms with Crippen molar-refractivity contribution in [1.29, 1.82) is 0 Å². The summed E-state index contributed by atoms with van der Waals surface area (Å²) in [6.45, 7) is 2.14. The van der Waals surface area contributed by atoms with Gasteiger partial charge < -0.3 is 0 Å². The van der Waals surface area contributed by atoms with Crippen molar-refractivity contribution in [2.75, 3.05) is 0 Å². The highest BCUT2D eigenvalue weighted by Gasteiger charge is 2.19. The summed E-state index contributed by atoms with van der Waals surface area (Å²) in [5.41, 5.74) is 2.74. The van der Waals surface area contributed by atoms with Gasteiger partial charge in [-0.25, -0.2) is 0 Å². The average molecular weight is 87.1 g/mol. The van der Waals surface area contributed by atoms with Gasteiger partial charge in [-0.1, -0.05) is 13.3 Å². The van der Waals surface area contributed by atoms with Gasteiger partial charge in [0, 0.05) is 0 Å². The van der Waals surface area contributed by atoms with E-state index >= 15 is 0 Å². The minimum absolute atomic E-state index is 0.398. The van der Waals surface area contributed by atoms with E-state index in [-0.39, 0.29) is 0 Å². The lowest BCUT2D eigenvalue weighted by atomic mass is 10.3. The molecule has 0 aromatic carbocycles. The van der Waals surface area contributed by atoms with Gasteiger partial charge in [0.1, 0.15) is 0 Å². The molecule has 1 aliphatic rings. The average Bonchev–Trinajstić information content (AvgIpc) is 2.21. The van der Waals surface area contributed by atoms with Crippen LogP contribution in [0.1, 0.15) is 19.8 Å². The first kappa shape index (κ1) is 4.09. The topological polar surface area (TPSA) is 34.5 Å². The summed E-state index contributed by atoms with van der Waals surface area (Å²) in [5.74, 6) is 0. The summed E-state index contributed by atoms with van der Waals surface area (Å²) in [7, 11) is 0. The molecule has 1 heterocycles. The molecule has 1 fully saturated rings. The lowest BCUT2D eigenvalue weighted by Crippen LogP contribution is -1.85. The lowest BCUT2D eigenvalue weighted by molar-refractivity contribution is 0.362. The third kappa shape index (κ3) is 0.954. The maximum Gasteiger partial charge on any atom is 0.151 e. The fourth-order valence-corrected chi connectivity index (χ4v) is 0.428. The van der Waals surface area contributed by atoms with Crippen LogP contribution in [0.5, 0.6) is 0 Å². The fraction of sp³-hybridized carbons (Fsp3) is 1.00. The summed E-state index contributed by atoms with van der Waals surface area (Å²) < 4.78 is 0. The van der Waals surface area contributed by atoms with Crippen molar-refractivity contribution in [2.45, 2.75) is 26.0 Å². The van der Waals surface area contributed by atoms with Crippen LogP contribution in [0.3, 0.4) is 0 Å². The van der Waals surface area contributed by atoms with E-state index in [9.17, 15) is 0 Å². The largest absolute Gasteiger partial charge is 0.278 e. The molecule has 0 aromatic heterocycles. The Balaban J connectivity index is 1.88. The highest BCUT2D eigenvalue weighted by molar-refractivity contribution is 4.54. The Morgan fingerprint density at radius 2 is 2.50 bits per heavy atom. The molecule has 1 rings (SSSR count). The van der Waals surface area contributed by atoms with Crippen LogP contribution in [0.4, 0.5) is 0 Å². The van der Waals surface area contributed by atoms with Gasteiger partial charge in [-0.05, 0) is 6.42 Å². The van der Waals surface area contributed by atoms with E-state index in [2.05, 4.69) is 12.4 Å². The van der Waals surface area contributed by atoms with E-state index in [0.29, 0.717) is 6.23 Å². The third-order valence-corrected chi connectivity index (χ3v) is 0.835. The molecule has 0 aromatic rings. The second kappa shape index (κ2) is 1.58. The molecular weight excluding hydrogens is 78.0 g/mol. The molecule has 0 spiro atoms. The molecule has 0 bridgehead atoms. The van der Waals surface area contributed by atoms with E-state index in [1.165, 1.54) is 6.42 Å². The molecule has 1 atom stereocenters. The molecule has 0 saturated carbocycles. The maximum atomic E-state index is 4.70. The summed E-state index contributed by atoms with van der Waals surface area (Å²) in [6.07, 6.45) is 2.76. The van der Waals surface area contributed by atoms with Crippen molar-refractivity contribution in [3.05, 3.63) is 0 Å². The molecule has 36 valence electrons. The van der Waals surface area contributed by atoms with Gasteiger partial charge in [0.05, 0.1) is 0 Å². The zero-order chi connectivity index (χ0) is 4.41. The molecule has 0 radical (unpaired) electrons. The number of hydrogen-bond acceptors (Lipinski definition) is 2. The van der Waals surface area contributed by atoms with E-state index in [4.69, 9.17) is 4.84 Å². The summed E-state index contributed by atoms with van der Waals surface area (Å²) >= 11 is 0. The third-order valence-electron chi connectivity index (χ3n) is 0.835. The first-order chi connectivity index (χ1) is 2.93. The first-order valence-corrected chi connectivity index (χ1v) is 2.34. The van der Waals surface area contributed by atoms with Gasteiger partial charge >= 0.3 is 0 Å². The predicted octanol–water partition coefficient (Wildman–Crippen LogP) is 0.647. The molecule has 1 unspecified atom stereocenters. The Labute approximate surface area is 37.4 Å². The molecule has 0 aliphatic carbocycles. The highest BCUT2D eigenvalue weighted by atomic mass is 16.8. The summed E-state index contributed by atoms with van der Waals surface area (Å²) in [4.78, 5) is 4.70. The lowest BCUT2D eigenvalue weighted by Gasteiger charge is -1.77. The van der Waals surface area contributed by atoms with Crippen LogP contribution in [0.15, 0.2) is 0 Å². The van der Waals surface area contributed by atoms with E-state index in [0.717, 1.165) is 6.42 Å². The van der Waals surface area contributed by atoms with E-state index in [1.54, 1.807) is 0 Å². The van der Waals surface area contributed by atoms with Gasteiger partial charge in [0.25, 0.3) is 0 Å². The van der Waals surface area contributed by atoms with Crippen LogP contribution in [0.2, 0.25) is 0 Å². The van der Waals surface area contributed by atoms with Crippen molar-refractivity contribution >= 4 is 0 Å². The van der Waals surface area contributed by atoms with Crippen LogP contribution in [-0.2, 0) is 4.84 Å². The molecule has 1 aliphatic heterocycles. The van der Waals surface area contributed by atoms with Crippen LogP contribution < -0.4 is 5.48 Å². The van der Waals surface area contributed by atoms with Crippen LogP contribution in [0, 0.1) is 0 Å². The van der Waals surface area contributed by atoms with Crippen molar-refractivity contribution in [2.24, 2.45) is 0 Å². The number of hydroxylamine groups is 1. The summed E-state index contributed by atoms with van der Waals surface area (Å²) in [6, 6.07) is 0. The zero-order valence-electron chi connectivity index (χ0n) is 3.90. The monoisotopic (exact) mass is 87.1 g/mol. The number of rotatable bonds is 2. The molecule has 2 nitrogen and oxygen atoms in total. The van der Waals surface area contributed by atoms with Crippen LogP contribution in [-0.4, -0.2) is 6.23 Å². The van der Waals surface area contributed by atoms with Gasteiger partial charge in [-0.3, -0.25) is 4.84 Å². The quantitative estimate of drug-likeness (QED) is 0.502. The van der Waals surface area contributed by atoms with E-state index in [1.807, 2.05) is 0 Å². The Morgan fingerprint density at radius 1 is 1.83 bits per heavy atom. The normalized spacial score (nSPS) is 30.5. The molecule has 1 N–H and O–H groups in total. The van der Waals surface area contributed by atoms with Crippen LogP contribution in [0.25, 0.3) is 0 Å². The Kier molecular flexibility index (Phi) is 1.08. The first-order valence-electron chi connectivity index (χ1n) is 2.34. The van der Waals surface area contributed by atoms with Crippen LogP contribution >= 0.6 is 0 Å². The molecule has 6 heavy (non-hydrogen) atoms. The van der Waals surface area contributed by atoms with Crippen molar-refractivity contribution in [1.82, 2.24) is 5.48 Å². The second-order valence-electron chi connectivity index (χ2n) is 1.51. The van der Waals surface area contributed by atoms with Gasteiger partial charge in [-0.2, -0.15) is 5.48 Å². The SMILES string of the molecule is CCCC1NO1. The van der Waals surface area contributed by atoms with Gasteiger partial charge in [0.2, 0.25) is 0 Å².